The first kappa shape index (κ1) is 24.6. The Hall–Kier alpha value is -1.38. The number of amides is 3. The maximum Gasteiger partial charge on any atom is 0.251 e. The number of nitrogens with one attached hydrogen (secondary N) is 3. The van der Waals surface area contributed by atoms with E-state index in [1.54, 1.807) is 13.8 Å². The maximum absolute atomic E-state index is 12.3. The van der Waals surface area contributed by atoms with Gasteiger partial charge < -0.3 is 26.8 Å². The third-order valence-corrected chi connectivity index (χ3v) is 4.17. The van der Waals surface area contributed by atoms with Crippen LogP contribution in [0.3, 0.4) is 0 Å². The van der Waals surface area contributed by atoms with E-state index in [-0.39, 0.29) is 42.6 Å². The molecule has 1 saturated heterocycles. The molecule has 1 aliphatic heterocycles. The van der Waals surface area contributed by atoms with Crippen LogP contribution < -0.4 is 21.7 Å². The number of aliphatic hydroxyl groups excluding tert-OH is 1. The van der Waals surface area contributed by atoms with Crippen LogP contribution in [0.15, 0.2) is 0 Å². The quantitative estimate of drug-likeness (QED) is 0.366. The van der Waals surface area contributed by atoms with Crippen molar-refractivity contribution in [2.45, 2.75) is 71.2 Å². The lowest BCUT2D eigenvalue weighted by atomic mass is 9.93. The molecule has 0 aromatic heterocycles. The molecular formula is C17H33ClN4O4. The van der Waals surface area contributed by atoms with Gasteiger partial charge in [-0.25, -0.2) is 0 Å². The van der Waals surface area contributed by atoms with Gasteiger partial charge in [-0.1, -0.05) is 13.8 Å². The van der Waals surface area contributed by atoms with Gasteiger partial charge in [0.15, 0.2) is 6.10 Å². The molecule has 1 fully saturated rings. The van der Waals surface area contributed by atoms with E-state index >= 15 is 0 Å². The van der Waals surface area contributed by atoms with Crippen LogP contribution in [-0.2, 0) is 14.4 Å². The normalized spacial score (nSPS) is 20.2. The molecule has 0 bridgehead atoms. The molecule has 0 radical (unpaired) electrons. The van der Waals surface area contributed by atoms with Crippen LogP contribution in [0.1, 0.15) is 47.0 Å². The molecule has 8 nitrogen and oxygen atoms in total. The summed E-state index contributed by atoms with van der Waals surface area (Å²) >= 11 is 0. The van der Waals surface area contributed by atoms with E-state index in [2.05, 4.69) is 16.0 Å². The SMILES string of the molecule is CC(C)C[C@H](N)C(=O)N[C@@H](C[C@@H]1CCNC1=O)C(O)C(=O)NC(C)C.Cl. The Kier molecular flexibility index (Phi) is 10.8. The summed E-state index contributed by atoms with van der Waals surface area (Å²) in [6.07, 6.45) is -0.136. The van der Waals surface area contributed by atoms with Gasteiger partial charge in [-0.3, -0.25) is 14.4 Å². The monoisotopic (exact) mass is 392 g/mol. The first-order valence-corrected chi connectivity index (χ1v) is 8.93. The van der Waals surface area contributed by atoms with Gasteiger partial charge in [-0.05, 0) is 39.0 Å². The second-order valence-corrected chi connectivity index (χ2v) is 7.47. The Morgan fingerprint density at radius 1 is 1.23 bits per heavy atom. The molecule has 0 spiro atoms. The summed E-state index contributed by atoms with van der Waals surface area (Å²) in [6, 6.07) is -1.73. The van der Waals surface area contributed by atoms with Crippen LogP contribution in [0.25, 0.3) is 0 Å². The maximum atomic E-state index is 12.3. The summed E-state index contributed by atoms with van der Waals surface area (Å²) in [5.41, 5.74) is 5.89. The average Bonchev–Trinajstić information content (AvgIpc) is 2.89. The molecule has 0 aromatic rings. The zero-order valence-corrected chi connectivity index (χ0v) is 16.8. The van der Waals surface area contributed by atoms with Gasteiger partial charge in [0.2, 0.25) is 11.8 Å². The highest BCUT2D eigenvalue weighted by Crippen LogP contribution is 2.18. The molecule has 9 heteroatoms. The fourth-order valence-corrected chi connectivity index (χ4v) is 2.90. The van der Waals surface area contributed by atoms with E-state index in [0.717, 1.165) is 0 Å². The van der Waals surface area contributed by atoms with Crippen molar-refractivity contribution < 1.29 is 19.5 Å². The molecular weight excluding hydrogens is 360 g/mol. The number of aliphatic hydroxyl groups is 1. The fraction of sp³-hybridized carbons (Fsp3) is 0.824. The minimum atomic E-state index is -1.44. The van der Waals surface area contributed by atoms with Crippen molar-refractivity contribution in [3.63, 3.8) is 0 Å². The molecule has 3 amide bonds. The number of hydrogen-bond donors (Lipinski definition) is 5. The van der Waals surface area contributed by atoms with Crippen LogP contribution in [0.2, 0.25) is 0 Å². The van der Waals surface area contributed by atoms with Crippen molar-refractivity contribution in [2.24, 2.45) is 17.6 Å². The van der Waals surface area contributed by atoms with Crippen LogP contribution in [-0.4, -0.2) is 53.6 Å². The van der Waals surface area contributed by atoms with Gasteiger partial charge in [0, 0.05) is 18.5 Å². The van der Waals surface area contributed by atoms with Crippen molar-refractivity contribution in [2.75, 3.05) is 6.54 Å². The van der Waals surface area contributed by atoms with Crippen LogP contribution in [0.4, 0.5) is 0 Å². The molecule has 152 valence electrons. The summed E-state index contributed by atoms with van der Waals surface area (Å²) < 4.78 is 0. The Morgan fingerprint density at radius 2 is 1.85 bits per heavy atom. The van der Waals surface area contributed by atoms with E-state index in [0.29, 0.717) is 19.4 Å². The van der Waals surface area contributed by atoms with Gasteiger partial charge in [-0.2, -0.15) is 0 Å². The third kappa shape index (κ3) is 7.88. The van der Waals surface area contributed by atoms with E-state index in [1.807, 2.05) is 13.8 Å². The summed E-state index contributed by atoms with van der Waals surface area (Å²) in [4.78, 5) is 36.3. The van der Waals surface area contributed by atoms with Crippen LogP contribution >= 0.6 is 12.4 Å². The van der Waals surface area contributed by atoms with Crippen LogP contribution in [0, 0.1) is 11.8 Å². The van der Waals surface area contributed by atoms with Gasteiger partial charge in [0.25, 0.3) is 5.91 Å². The Morgan fingerprint density at radius 3 is 2.31 bits per heavy atom. The summed E-state index contributed by atoms with van der Waals surface area (Å²) in [5.74, 6) is -1.21. The first-order valence-electron chi connectivity index (χ1n) is 8.93. The van der Waals surface area contributed by atoms with Gasteiger partial charge in [-0.15, -0.1) is 12.4 Å². The highest BCUT2D eigenvalue weighted by atomic mass is 35.5. The second-order valence-electron chi connectivity index (χ2n) is 7.47. The summed E-state index contributed by atoms with van der Waals surface area (Å²) in [5, 5.41) is 18.4. The molecule has 4 atom stereocenters. The number of nitrogens with two attached hydrogens (primary N) is 1. The number of halogens is 1. The van der Waals surface area contributed by atoms with Crippen molar-refractivity contribution >= 4 is 30.1 Å². The zero-order chi connectivity index (χ0) is 19.1. The summed E-state index contributed by atoms with van der Waals surface area (Å²) in [6.45, 7) is 8.03. The topological polar surface area (TPSA) is 134 Å². The lowest BCUT2D eigenvalue weighted by molar-refractivity contribution is -0.134. The molecule has 0 aliphatic carbocycles. The minimum absolute atomic E-state index is 0. The van der Waals surface area contributed by atoms with Crippen molar-refractivity contribution in [3.8, 4) is 0 Å². The molecule has 26 heavy (non-hydrogen) atoms. The Labute approximate surface area is 161 Å². The van der Waals surface area contributed by atoms with Gasteiger partial charge in [0.05, 0.1) is 12.1 Å². The zero-order valence-electron chi connectivity index (χ0n) is 16.0. The minimum Gasteiger partial charge on any atom is -0.381 e. The second kappa shape index (κ2) is 11.4. The van der Waals surface area contributed by atoms with E-state index in [1.165, 1.54) is 0 Å². The molecule has 1 aliphatic rings. The standard InChI is InChI=1S/C17H32N4O4.ClH/c1-9(2)7-12(18)16(24)21-13(8-11-5-6-19-15(11)23)14(22)17(25)20-10(3)4;/h9-14,22H,5-8,18H2,1-4H3,(H,19,23)(H,20,25)(H,21,24);1H/t11-,12-,13-,14?;/m0./s1. The molecule has 0 saturated carbocycles. The number of carbonyl (C=O) groups is 3. The Balaban J connectivity index is 0.00000625. The highest BCUT2D eigenvalue weighted by molar-refractivity contribution is 5.86. The summed E-state index contributed by atoms with van der Waals surface area (Å²) in [7, 11) is 0. The first-order chi connectivity index (χ1) is 11.6. The van der Waals surface area contributed by atoms with Gasteiger partial charge in [0.1, 0.15) is 0 Å². The Bertz CT molecular complexity index is 487. The molecule has 6 N–H and O–H groups in total. The largest absolute Gasteiger partial charge is 0.381 e. The molecule has 0 aromatic carbocycles. The molecule has 1 rings (SSSR count). The molecule has 1 unspecified atom stereocenters. The van der Waals surface area contributed by atoms with Gasteiger partial charge >= 0.3 is 0 Å². The van der Waals surface area contributed by atoms with E-state index < -0.39 is 30.0 Å². The number of rotatable bonds is 9. The third-order valence-electron chi connectivity index (χ3n) is 4.17. The predicted molar refractivity (Wildman–Crippen MR) is 102 cm³/mol. The lowest BCUT2D eigenvalue weighted by Crippen LogP contribution is -2.55. The highest BCUT2D eigenvalue weighted by Gasteiger charge is 2.35. The van der Waals surface area contributed by atoms with E-state index in [9.17, 15) is 19.5 Å². The lowest BCUT2D eigenvalue weighted by Gasteiger charge is -2.27. The van der Waals surface area contributed by atoms with Crippen molar-refractivity contribution in [1.29, 1.82) is 0 Å². The number of carbonyl (C=O) groups excluding carboxylic acids is 3. The van der Waals surface area contributed by atoms with Crippen LogP contribution in [0.5, 0.6) is 0 Å². The molecule has 1 heterocycles. The smallest absolute Gasteiger partial charge is 0.251 e. The van der Waals surface area contributed by atoms with E-state index in [4.69, 9.17) is 5.73 Å². The van der Waals surface area contributed by atoms with Crippen molar-refractivity contribution in [3.05, 3.63) is 0 Å². The average molecular weight is 393 g/mol. The predicted octanol–water partition coefficient (Wildman–Crippen LogP) is -0.322. The fourth-order valence-electron chi connectivity index (χ4n) is 2.90. The number of hydrogen-bond acceptors (Lipinski definition) is 5. The van der Waals surface area contributed by atoms with Crippen molar-refractivity contribution in [1.82, 2.24) is 16.0 Å².